The van der Waals surface area contributed by atoms with Gasteiger partial charge >= 0.3 is 0 Å². The fraction of sp³-hybridized carbons (Fsp3) is 0.333. The van der Waals surface area contributed by atoms with E-state index >= 15 is 0 Å². The van der Waals surface area contributed by atoms with Crippen LogP contribution in [0.25, 0.3) is 0 Å². The lowest BCUT2D eigenvalue weighted by molar-refractivity contribution is 0.482. The summed E-state index contributed by atoms with van der Waals surface area (Å²) >= 11 is 0. The predicted molar refractivity (Wildman–Crippen MR) is 56.0 cm³/mol. The molecular weight excluding hydrogens is 160 g/mol. The molecule has 0 aliphatic carbocycles. The summed E-state index contributed by atoms with van der Waals surface area (Å²) in [6.45, 7) is 7.93. The van der Waals surface area contributed by atoms with Crippen molar-refractivity contribution in [1.82, 2.24) is 0 Å². The van der Waals surface area contributed by atoms with Crippen molar-refractivity contribution in [1.29, 1.82) is 0 Å². The maximum atomic E-state index is 5.21. The molecule has 0 amide bonds. The molecule has 0 saturated heterocycles. The molecule has 0 spiro atoms. The third kappa shape index (κ3) is 2.62. The number of hydrogen-bond donors (Lipinski definition) is 0. The topological polar surface area (TPSA) is 9.23 Å². The van der Waals surface area contributed by atoms with E-state index in [0.29, 0.717) is 5.92 Å². The van der Waals surface area contributed by atoms with E-state index in [1.807, 2.05) is 12.1 Å². The molecule has 0 saturated carbocycles. The third-order valence-electron chi connectivity index (χ3n) is 2.26. The van der Waals surface area contributed by atoms with Crippen molar-refractivity contribution in [2.75, 3.05) is 0 Å². The molecule has 1 rings (SSSR count). The largest absolute Gasteiger partial charge is 0.466 e. The maximum absolute atomic E-state index is 5.21. The van der Waals surface area contributed by atoms with Crippen LogP contribution in [0.4, 0.5) is 0 Å². The second-order valence-electron chi connectivity index (χ2n) is 3.17. The Morgan fingerprint density at radius 1 is 1.54 bits per heavy atom. The molecule has 0 radical (unpaired) electrons. The molecule has 1 unspecified atom stereocenters. The van der Waals surface area contributed by atoms with E-state index < -0.39 is 0 Å². The van der Waals surface area contributed by atoms with Gasteiger partial charge < -0.3 is 4.74 Å². The highest BCUT2D eigenvalue weighted by Crippen LogP contribution is 2.22. The minimum atomic E-state index is 0.591. The van der Waals surface area contributed by atoms with Crippen LogP contribution in [0.1, 0.15) is 31.7 Å². The van der Waals surface area contributed by atoms with Gasteiger partial charge in [-0.3, -0.25) is 0 Å². The van der Waals surface area contributed by atoms with Crippen molar-refractivity contribution in [3.63, 3.8) is 0 Å². The standard InChI is InChI=1S/C12H16O/c1-4-10(3)11-7-6-8-12(9-11)13-5-2/h5-10H,2,4H2,1,3H3. The van der Waals surface area contributed by atoms with E-state index in [4.69, 9.17) is 4.74 Å². The highest BCUT2D eigenvalue weighted by molar-refractivity contribution is 5.30. The summed E-state index contributed by atoms with van der Waals surface area (Å²) in [5, 5.41) is 0. The van der Waals surface area contributed by atoms with E-state index in [9.17, 15) is 0 Å². The van der Waals surface area contributed by atoms with Gasteiger partial charge in [-0.2, -0.15) is 0 Å². The molecular formula is C12H16O. The minimum Gasteiger partial charge on any atom is -0.466 e. The molecule has 0 aromatic heterocycles. The van der Waals surface area contributed by atoms with E-state index in [1.54, 1.807) is 0 Å². The Hall–Kier alpha value is -1.24. The van der Waals surface area contributed by atoms with Crippen LogP contribution in [0.2, 0.25) is 0 Å². The van der Waals surface area contributed by atoms with Crippen molar-refractivity contribution in [2.24, 2.45) is 0 Å². The lowest BCUT2D eigenvalue weighted by Crippen LogP contribution is -1.91. The van der Waals surface area contributed by atoms with Crippen LogP contribution in [0.15, 0.2) is 37.1 Å². The first-order valence-electron chi connectivity index (χ1n) is 4.65. The smallest absolute Gasteiger partial charge is 0.126 e. The van der Waals surface area contributed by atoms with Gasteiger partial charge in [-0.1, -0.05) is 32.6 Å². The van der Waals surface area contributed by atoms with Gasteiger partial charge in [-0.05, 0) is 30.0 Å². The number of hydrogen-bond acceptors (Lipinski definition) is 1. The fourth-order valence-electron chi connectivity index (χ4n) is 1.23. The summed E-state index contributed by atoms with van der Waals surface area (Å²) in [6, 6.07) is 8.15. The van der Waals surface area contributed by atoms with Crippen LogP contribution in [-0.4, -0.2) is 0 Å². The Morgan fingerprint density at radius 2 is 2.31 bits per heavy atom. The van der Waals surface area contributed by atoms with E-state index in [0.717, 1.165) is 12.2 Å². The SMILES string of the molecule is C=COc1cccc(C(C)CC)c1. The fourth-order valence-corrected chi connectivity index (χ4v) is 1.23. The molecule has 13 heavy (non-hydrogen) atoms. The van der Waals surface area contributed by atoms with Crippen LogP contribution >= 0.6 is 0 Å². The molecule has 70 valence electrons. The zero-order chi connectivity index (χ0) is 9.68. The third-order valence-corrected chi connectivity index (χ3v) is 2.26. The van der Waals surface area contributed by atoms with Crippen molar-refractivity contribution in [3.05, 3.63) is 42.7 Å². The molecule has 1 heteroatoms. The molecule has 1 aromatic rings. The van der Waals surface area contributed by atoms with Crippen LogP contribution < -0.4 is 4.74 Å². The van der Waals surface area contributed by atoms with Crippen molar-refractivity contribution >= 4 is 0 Å². The van der Waals surface area contributed by atoms with Crippen LogP contribution in [0.3, 0.4) is 0 Å². The second kappa shape index (κ2) is 4.70. The quantitative estimate of drug-likeness (QED) is 0.635. The molecule has 1 nitrogen and oxygen atoms in total. The summed E-state index contributed by atoms with van der Waals surface area (Å²) < 4.78 is 5.21. The Bertz CT molecular complexity index is 278. The lowest BCUT2D eigenvalue weighted by Gasteiger charge is -2.09. The molecule has 0 aliphatic heterocycles. The Balaban J connectivity index is 2.84. The van der Waals surface area contributed by atoms with Gasteiger partial charge in [0.05, 0.1) is 6.26 Å². The van der Waals surface area contributed by atoms with E-state index in [-0.39, 0.29) is 0 Å². The van der Waals surface area contributed by atoms with Gasteiger partial charge in [-0.15, -0.1) is 0 Å². The van der Waals surface area contributed by atoms with Gasteiger partial charge in [0.15, 0.2) is 0 Å². The highest BCUT2D eigenvalue weighted by Gasteiger charge is 2.02. The van der Waals surface area contributed by atoms with E-state index in [2.05, 4.69) is 32.6 Å². The Labute approximate surface area is 80.0 Å². The zero-order valence-electron chi connectivity index (χ0n) is 8.29. The minimum absolute atomic E-state index is 0.591. The monoisotopic (exact) mass is 176 g/mol. The van der Waals surface area contributed by atoms with Gasteiger partial charge in [0.2, 0.25) is 0 Å². The maximum Gasteiger partial charge on any atom is 0.126 e. The lowest BCUT2D eigenvalue weighted by atomic mass is 9.99. The van der Waals surface area contributed by atoms with Gasteiger partial charge in [0, 0.05) is 0 Å². The summed E-state index contributed by atoms with van der Waals surface area (Å²) in [5.41, 5.74) is 1.32. The van der Waals surface area contributed by atoms with Crippen LogP contribution in [0, 0.1) is 0 Å². The Morgan fingerprint density at radius 3 is 2.92 bits per heavy atom. The normalized spacial score (nSPS) is 12.2. The average Bonchev–Trinajstić information content (AvgIpc) is 2.18. The highest BCUT2D eigenvalue weighted by atomic mass is 16.5. The first kappa shape index (κ1) is 9.85. The van der Waals surface area contributed by atoms with Crippen molar-refractivity contribution in [3.8, 4) is 5.75 Å². The molecule has 0 fully saturated rings. The summed E-state index contributed by atoms with van der Waals surface area (Å²) in [4.78, 5) is 0. The number of benzene rings is 1. The summed E-state index contributed by atoms with van der Waals surface area (Å²) in [7, 11) is 0. The Kier molecular flexibility index (Phi) is 3.56. The van der Waals surface area contributed by atoms with Crippen LogP contribution in [0.5, 0.6) is 5.75 Å². The molecule has 0 N–H and O–H groups in total. The summed E-state index contributed by atoms with van der Waals surface area (Å²) in [5.74, 6) is 1.46. The van der Waals surface area contributed by atoms with Gasteiger partial charge in [-0.25, -0.2) is 0 Å². The number of ether oxygens (including phenoxy) is 1. The van der Waals surface area contributed by atoms with Crippen molar-refractivity contribution in [2.45, 2.75) is 26.2 Å². The van der Waals surface area contributed by atoms with Crippen LogP contribution in [-0.2, 0) is 0 Å². The second-order valence-corrected chi connectivity index (χ2v) is 3.17. The van der Waals surface area contributed by atoms with Gasteiger partial charge in [0.1, 0.15) is 5.75 Å². The first-order valence-corrected chi connectivity index (χ1v) is 4.65. The van der Waals surface area contributed by atoms with Gasteiger partial charge in [0.25, 0.3) is 0 Å². The van der Waals surface area contributed by atoms with Crippen molar-refractivity contribution < 1.29 is 4.74 Å². The average molecular weight is 176 g/mol. The predicted octanol–water partition coefficient (Wildman–Crippen LogP) is 3.72. The number of rotatable bonds is 4. The first-order chi connectivity index (χ1) is 6.27. The zero-order valence-corrected chi connectivity index (χ0v) is 8.29. The molecule has 0 aliphatic rings. The molecule has 1 atom stereocenters. The molecule has 1 aromatic carbocycles. The molecule has 0 heterocycles. The van der Waals surface area contributed by atoms with E-state index in [1.165, 1.54) is 11.8 Å². The molecule has 0 bridgehead atoms. The summed E-state index contributed by atoms with van der Waals surface area (Å²) in [6.07, 6.45) is 2.60.